The molecule has 0 saturated carbocycles. The van der Waals surface area contributed by atoms with E-state index in [1.165, 1.54) is 4.57 Å². The summed E-state index contributed by atoms with van der Waals surface area (Å²) in [4.78, 5) is 27.2. The summed E-state index contributed by atoms with van der Waals surface area (Å²) in [7, 11) is -4.34. The van der Waals surface area contributed by atoms with Crippen LogP contribution in [0.5, 0.6) is 0 Å². The lowest BCUT2D eigenvalue weighted by molar-refractivity contribution is -0.0750. The maximum atomic E-state index is 12.9. The van der Waals surface area contributed by atoms with Crippen molar-refractivity contribution < 1.29 is 42.2 Å². The number of phosphoric acid groups is 1. The average Bonchev–Trinajstić information content (AvgIpc) is 3.27. The Morgan fingerprint density at radius 2 is 1.73 bits per heavy atom. The highest BCUT2D eigenvalue weighted by atomic mass is 31.2. The van der Waals surface area contributed by atoms with E-state index in [1.54, 1.807) is 20.0 Å². The molecule has 1 aromatic rings. The molecule has 4 N–H and O–H groups in total. The Balaban J connectivity index is 1.83. The summed E-state index contributed by atoms with van der Waals surface area (Å²) in [5, 5.41) is 3.17. The van der Waals surface area contributed by atoms with Crippen molar-refractivity contribution in [1.29, 1.82) is 0 Å². The molecule has 41 heavy (non-hydrogen) atoms. The predicted octanol–water partition coefficient (Wildman–Crippen LogP) is 2.38. The van der Waals surface area contributed by atoms with E-state index < -0.39 is 38.1 Å². The van der Waals surface area contributed by atoms with Crippen molar-refractivity contribution in [2.45, 2.75) is 84.5 Å². The van der Waals surface area contributed by atoms with Crippen LogP contribution in [0.25, 0.3) is 0 Å². The number of ether oxygens (including phenoxy) is 5. The number of nitrogens with two attached hydrogens (primary N) is 1. The van der Waals surface area contributed by atoms with Gasteiger partial charge < -0.3 is 39.6 Å². The fourth-order valence-corrected chi connectivity index (χ4v) is 5.09. The Morgan fingerprint density at radius 1 is 1.10 bits per heavy atom. The van der Waals surface area contributed by atoms with Gasteiger partial charge in [0.2, 0.25) is 0 Å². The Kier molecular flexibility index (Phi) is 16.5. The van der Waals surface area contributed by atoms with Gasteiger partial charge in [0, 0.05) is 37.9 Å². The molecule has 1 fully saturated rings. The Bertz CT molecular complexity index is 980. The lowest BCUT2D eigenvalue weighted by atomic mass is 10.2. The first kappa shape index (κ1) is 35.7. The zero-order valence-corrected chi connectivity index (χ0v) is 25.9. The minimum atomic E-state index is -4.34. The molecule has 0 bridgehead atoms. The van der Waals surface area contributed by atoms with Crippen LogP contribution < -0.4 is 16.7 Å². The second-order valence-corrected chi connectivity index (χ2v) is 11.6. The third-order valence-corrected chi connectivity index (χ3v) is 7.05. The molecule has 4 atom stereocenters. The van der Waals surface area contributed by atoms with E-state index in [4.69, 9.17) is 38.5 Å². The summed E-state index contributed by atoms with van der Waals surface area (Å²) in [5.41, 5.74) is 5.63. The number of aryl methyl sites for hydroxylation is 1. The molecule has 1 aliphatic heterocycles. The van der Waals surface area contributed by atoms with Crippen molar-refractivity contribution in [3.8, 4) is 0 Å². The molecule has 2 heterocycles. The van der Waals surface area contributed by atoms with E-state index in [0.29, 0.717) is 65.0 Å². The number of anilines is 1. The van der Waals surface area contributed by atoms with Crippen LogP contribution in [-0.2, 0) is 37.3 Å². The van der Waals surface area contributed by atoms with Crippen molar-refractivity contribution in [3.05, 3.63) is 22.2 Å². The molecule has 1 aliphatic rings. The smallest absolute Gasteiger partial charge is 0.379 e. The van der Waals surface area contributed by atoms with Gasteiger partial charge in [-0.05, 0) is 54.0 Å². The molecule has 0 radical (unpaired) electrons. The summed E-state index contributed by atoms with van der Waals surface area (Å²) in [6.45, 7) is 13.4. The fourth-order valence-electron chi connectivity index (χ4n) is 3.94. The van der Waals surface area contributed by atoms with Crippen LogP contribution in [0.15, 0.2) is 11.0 Å². The van der Waals surface area contributed by atoms with Crippen LogP contribution in [0, 0.1) is 6.92 Å². The lowest BCUT2D eigenvalue weighted by Gasteiger charge is -2.22. The summed E-state index contributed by atoms with van der Waals surface area (Å²) in [6.07, 6.45) is 0.522. The van der Waals surface area contributed by atoms with Crippen molar-refractivity contribution in [3.63, 3.8) is 0 Å². The van der Waals surface area contributed by atoms with Crippen molar-refractivity contribution in [2.75, 3.05) is 64.7 Å². The van der Waals surface area contributed by atoms with E-state index in [1.807, 2.05) is 20.8 Å². The van der Waals surface area contributed by atoms with Crippen LogP contribution in [0.3, 0.4) is 0 Å². The highest BCUT2D eigenvalue weighted by Crippen LogP contribution is 2.49. The second-order valence-electron chi connectivity index (χ2n) is 10.2. The largest absolute Gasteiger partial charge is 0.472 e. The van der Waals surface area contributed by atoms with Gasteiger partial charge in [-0.2, -0.15) is 4.98 Å². The molecule has 0 amide bonds. The number of aromatic nitrogens is 2. The highest BCUT2D eigenvalue weighted by molar-refractivity contribution is 7.47. The van der Waals surface area contributed by atoms with Gasteiger partial charge in [0.05, 0.1) is 45.2 Å². The molecular weight excluding hydrogens is 559 g/mol. The van der Waals surface area contributed by atoms with Crippen molar-refractivity contribution >= 4 is 13.6 Å². The normalized spacial score (nSPS) is 20.7. The minimum Gasteiger partial charge on any atom is -0.379 e. The number of rotatable bonds is 22. The maximum absolute atomic E-state index is 12.9. The zero-order valence-electron chi connectivity index (χ0n) is 25.0. The third kappa shape index (κ3) is 14.0. The zero-order chi connectivity index (χ0) is 30.3. The Hall–Kier alpha value is -1.45. The van der Waals surface area contributed by atoms with Crippen LogP contribution in [0.2, 0.25) is 0 Å². The van der Waals surface area contributed by atoms with E-state index in [-0.39, 0.29) is 19.1 Å². The number of hydrogen-bond donors (Lipinski definition) is 3. The maximum Gasteiger partial charge on any atom is 0.472 e. The molecule has 1 saturated heterocycles. The van der Waals surface area contributed by atoms with Crippen LogP contribution >= 0.6 is 7.82 Å². The van der Waals surface area contributed by atoms with Gasteiger partial charge in [0.15, 0.2) is 0 Å². The molecule has 0 aromatic carbocycles. The average molecular weight is 609 g/mol. The highest BCUT2D eigenvalue weighted by Gasteiger charge is 2.42. The first-order valence-electron chi connectivity index (χ1n) is 14.3. The van der Waals surface area contributed by atoms with Crippen LogP contribution in [0.4, 0.5) is 5.82 Å². The molecule has 238 valence electrons. The quantitative estimate of drug-likeness (QED) is 0.129. The molecule has 4 unspecified atom stereocenters. The number of nitrogens with one attached hydrogen (secondary N) is 1. The van der Waals surface area contributed by atoms with Gasteiger partial charge >= 0.3 is 13.5 Å². The summed E-state index contributed by atoms with van der Waals surface area (Å²) >= 11 is 0. The summed E-state index contributed by atoms with van der Waals surface area (Å²) in [6, 6.07) is 0. The molecule has 1 aromatic heterocycles. The van der Waals surface area contributed by atoms with Crippen LogP contribution in [-0.4, -0.2) is 98.2 Å². The Labute approximate surface area is 242 Å². The molecule has 0 spiro atoms. The van der Waals surface area contributed by atoms with Gasteiger partial charge in [-0.3, -0.25) is 13.6 Å². The van der Waals surface area contributed by atoms with E-state index in [9.17, 15) is 14.3 Å². The van der Waals surface area contributed by atoms with Crippen molar-refractivity contribution in [2.24, 2.45) is 5.73 Å². The number of hydrogen-bond acceptors (Lipinski definition) is 12. The summed E-state index contributed by atoms with van der Waals surface area (Å²) in [5.74, 6) is 0.472. The van der Waals surface area contributed by atoms with Gasteiger partial charge in [0.25, 0.3) is 0 Å². The molecule has 2 rings (SSSR count). The van der Waals surface area contributed by atoms with E-state index in [0.717, 1.165) is 12.0 Å². The van der Waals surface area contributed by atoms with Gasteiger partial charge in [0.1, 0.15) is 24.3 Å². The van der Waals surface area contributed by atoms with E-state index in [2.05, 4.69) is 10.3 Å². The second kappa shape index (κ2) is 19.0. The number of phosphoric ester groups is 1. The first-order chi connectivity index (χ1) is 19.5. The van der Waals surface area contributed by atoms with Crippen LogP contribution in [0.1, 0.15) is 58.7 Å². The molecular formula is C26H49N4O10P. The molecule has 0 aliphatic carbocycles. The Morgan fingerprint density at radius 3 is 2.34 bits per heavy atom. The molecule has 15 heteroatoms. The monoisotopic (exact) mass is 608 g/mol. The molecule has 14 nitrogen and oxygen atoms in total. The summed E-state index contributed by atoms with van der Waals surface area (Å²) < 4.78 is 52.4. The standard InChI is InChI=1S/C26H49N4O10P/c1-19(2)37-18-23-22(40-41(32,33)39-20(3)4)16-24(38-23)30-17-21(5)25(29-26(30)31)28-9-7-11-35-13-15-36-14-12-34-10-6-8-27/h17,19-20,22-24H,6-16,18,27H2,1-5H3,(H,32,33)(H,28,29,31). The lowest BCUT2D eigenvalue weighted by Crippen LogP contribution is -2.30. The number of nitrogens with zero attached hydrogens (tertiary/aromatic N) is 2. The SMILES string of the molecule is Cc1cn(C2CC(OP(=O)(O)OC(C)C)C(COC(C)C)O2)c(=O)nc1NCCCOCCOCCOCCCN. The topological polar surface area (TPSA) is 175 Å². The fraction of sp³-hybridized carbons (Fsp3) is 0.846. The van der Waals surface area contributed by atoms with E-state index >= 15 is 0 Å². The minimum absolute atomic E-state index is 0.0846. The van der Waals surface area contributed by atoms with Crippen molar-refractivity contribution in [1.82, 2.24) is 9.55 Å². The van der Waals surface area contributed by atoms with Gasteiger partial charge in [-0.25, -0.2) is 9.36 Å². The predicted molar refractivity (Wildman–Crippen MR) is 153 cm³/mol. The first-order valence-corrected chi connectivity index (χ1v) is 15.8. The van der Waals surface area contributed by atoms with Gasteiger partial charge in [-0.15, -0.1) is 0 Å². The van der Waals surface area contributed by atoms with Gasteiger partial charge in [-0.1, -0.05) is 0 Å². The third-order valence-electron chi connectivity index (χ3n) is 5.83.